The second-order valence-corrected chi connectivity index (χ2v) is 5.74. The number of carboxylic acid groups (broad SMARTS) is 1. The molecule has 0 amide bonds. The minimum Gasteiger partial charge on any atom is -0.507 e. The van der Waals surface area contributed by atoms with Gasteiger partial charge in [0.1, 0.15) is 17.1 Å². The minimum absolute atomic E-state index is 0.110. The van der Waals surface area contributed by atoms with E-state index in [0.717, 1.165) is 0 Å². The van der Waals surface area contributed by atoms with Gasteiger partial charge in [0.2, 0.25) is 0 Å². The highest BCUT2D eigenvalue weighted by atomic mass is 16.6. The van der Waals surface area contributed by atoms with Crippen molar-refractivity contribution in [3.63, 3.8) is 0 Å². The Morgan fingerprint density at radius 3 is 2.65 bits per heavy atom. The number of ether oxygens (including phenoxy) is 3. The first-order valence-electron chi connectivity index (χ1n) is 6.81. The summed E-state index contributed by atoms with van der Waals surface area (Å²) in [6.07, 6.45) is -0.883. The number of cyclic esters (lactones) is 1. The van der Waals surface area contributed by atoms with Crippen molar-refractivity contribution in [2.75, 3.05) is 7.11 Å². The molecule has 3 rings (SSSR count). The van der Waals surface area contributed by atoms with Crippen molar-refractivity contribution < 1.29 is 38.8 Å². The normalized spacial score (nSPS) is 28.4. The molecule has 2 aliphatic heterocycles. The van der Waals surface area contributed by atoms with Crippen LogP contribution in [0.1, 0.15) is 35.7 Å². The molecule has 1 aromatic rings. The van der Waals surface area contributed by atoms with Crippen molar-refractivity contribution in [2.45, 2.75) is 31.0 Å². The van der Waals surface area contributed by atoms with E-state index in [1.807, 2.05) is 0 Å². The lowest BCUT2D eigenvalue weighted by molar-refractivity contribution is -0.165. The molecule has 2 atom stereocenters. The number of carbonyl (C=O) groups excluding carboxylic acids is 2. The number of carbonyl (C=O) groups is 3. The maximum absolute atomic E-state index is 12.2. The van der Waals surface area contributed by atoms with Gasteiger partial charge in [0.25, 0.3) is 0 Å². The van der Waals surface area contributed by atoms with Gasteiger partial charge in [-0.15, -0.1) is 0 Å². The molecule has 23 heavy (non-hydrogen) atoms. The Bertz CT molecular complexity index is 739. The molecule has 2 aliphatic rings. The van der Waals surface area contributed by atoms with Crippen LogP contribution in [-0.4, -0.2) is 40.8 Å². The standard InChI is InChI=1S/C15H14O8/c1-14(5-10(17)18)15(6-11(19)22-14)8-3-7(21-2)4-9(16)12(8)13(20)23-15/h3-4,16H,5-6H2,1-2H3,(H,17,18)/t14-,15+/m0/s1. The van der Waals surface area contributed by atoms with Crippen LogP contribution < -0.4 is 4.74 Å². The van der Waals surface area contributed by atoms with Gasteiger partial charge >= 0.3 is 17.9 Å². The van der Waals surface area contributed by atoms with Crippen molar-refractivity contribution in [1.82, 2.24) is 0 Å². The molecule has 1 aromatic carbocycles. The third-order valence-electron chi connectivity index (χ3n) is 4.31. The van der Waals surface area contributed by atoms with Crippen molar-refractivity contribution in [1.29, 1.82) is 0 Å². The predicted molar refractivity (Wildman–Crippen MR) is 73.1 cm³/mol. The first kappa shape index (κ1) is 15.1. The summed E-state index contributed by atoms with van der Waals surface area (Å²) in [5, 5.41) is 19.2. The quantitative estimate of drug-likeness (QED) is 0.789. The maximum atomic E-state index is 12.2. The number of phenols is 1. The van der Waals surface area contributed by atoms with Crippen LogP contribution in [0, 0.1) is 0 Å². The van der Waals surface area contributed by atoms with E-state index < -0.39 is 35.5 Å². The number of methoxy groups -OCH3 is 1. The molecule has 1 spiro atoms. The lowest BCUT2D eigenvalue weighted by Crippen LogP contribution is -2.48. The summed E-state index contributed by atoms with van der Waals surface area (Å²) >= 11 is 0. The van der Waals surface area contributed by atoms with E-state index in [-0.39, 0.29) is 29.0 Å². The van der Waals surface area contributed by atoms with Crippen LogP contribution in [0.5, 0.6) is 11.5 Å². The number of rotatable bonds is 3. The van der Waals surface area contributed by atoms with Crippen LogP contribution in [-0.2, 0) is 24.7 Å². The Balaban J connectivity index is 2.25. The third-order valence-corrected chi connectivity index (χ3v) is 4.31. The molecular formula is C15H14O8. The maximum Gasteiger partial charge on any atom is 0.343 e. The van der Waals surface area contributed by atoms with Crippen LogP contribution in [0.25, 0.3) is 0 Å². The molecule has 0 aliphatic carbocycles. The first-order valence-corrected chi connectivity index (χ1v) is 6.81. The second-order valence-electron chi connectivity index (χ2n) is 5.74. The summed E-state index contributed by atoms with van der Waals surface area (Å²) in [5.74, 6) is -2.85. The minimum atomic E-state index is -1.61. The highest BCUT2D eigenvalue weighted by Crippen LogP contribution is 2.56. The fourth-order valence-corrected chi connectivity index (χ4v) is 3.27. The summed E-state index contributed by atoms with van der Waals surface area (Å²) in [4.78, 5) is 35.2. The van der Waals surface area contributed by atoms with Gasteiger partial charge in [-0.3, -0.25) is 9.59 Å². The summed E-state index contributed by atoms with van der Waals surface area (Å²) in [6.45, 7) is 1.39. The number of hydrogen-bond acceptors (Lipinski definition) is 7. The number of aliphatic carboxylic acids is 1. The number of carboxylic acids is 1. The highest BCUT2D eigenvalue weighted by molar-refractivity contribution is 5.99. The number of aromatic hydroxyl groups is 1. The molecule has 0 bridgehead atoms. The summed E-state index contributed by atoms with van der Waals surface area (Å²) in [7, 11) is 1.37. The predicted octanol–water partition coefficient (Wildman–Crippen LogP) is 0.947. The molecule has 122 valence electrons. The zero-order valence-corrected chi connectivity index (χ0v) is 12.4. The van der Waals surface area contributed by atoms with Gasteiger partial charge in [0.15, 0.2) is 11.2 Å². The molecule has 0 radical (unpaired) electrons. The van der Waals surface area contributed by atoms with E-state index in [1.54, 1.807) is 0 Å². The number of hydrogen-bond donors (Lipinski definition) is 2. The average Bonchev–Trinajstić information content (AvgIpc) is 2.84. The van der Waals surface area contributed by atoms with Crippen molar-refractivity contribution in [3.05, 3.63) is 23.3 Å². The van der Waals surface area contributed by atoms with Crippen LogP contribution in [0.2, 0.25) is 0 Å². The lowest BCUT2D eigenvalue weighted by atomic mass is 9.76. The molecule has 0 saturated carbocycles. The summed E-state index contributed by atoms with van der Waals surface area (Å²) in [6, 6.07) is 2.69. The number of esters is 2. The number of fused-ring (bicyclic) bond motifs is 2. The van der Waals surface area contributed by atoms with Gasteiger partial charge in [-0.05, 0) is 13.0 Å². The van der Waals surface area contributed by atoms with Crippen molar-refractivity contribution >= 4 is 17.9 Å². The Morgan fingerprint density at radius 1 is 1.35 bits per heavy atom. The van der Waals surface area contributed by atoms with Gasteiger partial charge in [-0.1, -0.05) is 0 Å². The third kappa shape index (κ3) is 1.94. The molecule has 0 unspecified atom stereocenters. The Labute approximate surface area is 130 Å². The molecule has 1 fully saturated rings. The summed E-state index contributed by atoms with van der Waals surface area (Å²) < 4.78 is 15.6. The van der Waals surface area contributed by atoms with Crippen LogP contribution in [0.4, 0.5) is 0 Å². The monoisotopic (exact) mass is 322 g/mol. The van der Waals surface area contributed by atoms with E-state index >= 15 is 0 Å². The van der Waals surface area contributed by atoms with Crippen LogP contribution in [0.3, 0.4) is 0 Å². The molecule has 0 aromatic heterocycles. The number of phenolic OH excluding ortho intramolecular Hbond substituents is 1. The van der Waals surface area contributed by atoms with E-state index in [2.05, 4.69) is 0 Å². The zero-order chi connectivity index (χ0) is 17.0. The lowest BCUT2D eigenvalue weighted by Gasteiger charge is -2.36. The Kier molecular flexibility index (Phi) is 3.03. The van der Waals surface area contributed by atoms with Gasteiger partial charge in [0, 0.05) is 11.6 Å². The molecular weight excluding hydrogens is 308 g/mol. The van der Waals surface area contributed by atoms with E-state index in [1.165, 1.54) is 26.2 Å². The topological polar surface area (TPSA) is 119 Å². The Morgan fingerprint density at radius 2 is 2.04 bits per heavy atom. The van der Waals surface area contributed by atoms with Gasteiger partial charge in [-0.2, -0.15) is 0 Å². The van der Waals surface area contributed by atoms with Gasteiger partial charge < -0.3 is 24.4 Å². The molecule has 1 saturated heterocycles. The SMILES string of the molecule is COc1cc(O)c2c(c1)[C@@]1(CC(=O)O[C@@]1(C)CC(=O)O)OC2=O. The van der Waals surface area contributed by atoms with E-state index in [9.17, 15) is 19.5 Å². The largest absolute Gasteiger partial charge is 0.507 e. The molecule has 2 N–H and O–H groups in total. The van der Waals surface area contributed by atoms with Crippen LogP contribution >= 0.6 is 0 Å². The van der Waals surface area contributed by atoms with Gasteiger partial charge in [0.05, 0.1) is 20.0 Å². The van der Waals surface area contributed by atoms with E-state index in [0.29, 0.717) is 0 Å². The fraction of sp³-hybridized carbons (Fsp3) is 0.400. The Hall–Kier alpha value is -2.77. The average molecular weight is 322 g/mol. The van der Waals surface area contributed by atoms with Gasteiger partial charge in [-0.25, -0.2) is 4.79 Å². The van der Waals surface area contributed by atoms with E-state index in [4.69, 9.17) is 19.3 Å². The van der Waals surface area contributed by atoms with Crippen molar-refractivity contribution in [3.8, 4) is 11.5 Å². The van der Waals surface area contributed by atoms with Crippen molar-refractivity contribution in [2.24, 2.45) is 0 Å². The molecule has 8 nitrogen and oxygen atoms in total. The second kappa shape index (κ2) is 4.61. The highest BCUT2D eigenvalue weighted by Gasteiger charge is 2.67. The van der Waals surface area contributed by atoms with Crippen LogP contribution in [0.15, 0.2) is 12.1 Å². The molecule has 8 heteroatoms. The molecule has 2 heterocycles. The zero-order valence-electron chi connectivity index (χ0n) is 12.4. The summed E-state index contributed by atoms with van der Waals surface area (Å²) in [5.41, 5.74) is -3.12. The number of benzene rings is 1. The first-order chi connectivity index (χ1) is 10.7. The smallest absolute Gasteiger partial charge is 0.343 e. The fourth-order valence-electron chi connectivity index (χ4n) is 3.27.